The van der Waals surface area contributed by atoms with E-state index in [1.54, 1.807) is 6.20 Å². The lowest BCUT2D eigenvalue weighted by atomic mass is 10.0. The number of carbonyl (C=O) groups is 1. The number of aromatic amines is 1. The number of pyridine rings is 1. The minimum absolute atomic E-state index is 0.0608. The second kappa shape index (κ2) is 7.32. The van der Waals surface area contributed by atoms with E-state index in [0.29, 0.717) is 18.0 Å². The van der Waals surface area contributed by atoms with Crippen molar-refractivity contribution in [3.05, 3.63) is 86.8 Å². The molecule has 0 saturated carbocycles. The van der Waals surface area contributed by atoms with E-state index < -0.39 is 0 Å². The lowest BCUT2D eigenvalue weighted by Crippen LogP contribution is -2.22. The number of rotatable bonds is 5. The van der Waals surface area contributed by atoms with Crippen LogP contribution < -0.4 is 5.32 Å². The maximum Gasteiger partial charge on any atom is 0.261 e. The lowest BCUT2D eigenvalue weighted by molar-refractivity contribution is 0.0954. The van der Waals surface area contributed by atoms with Crippen molar-refractivity contribution in [2.45, 2.75) is 13.0 Å². The molecule has 0 saturated heterocycles. The molecular formula is C20H16ClN3OS. The monoisotopic (exact) mass is 381 g/mol. The van der Waals surface area contributed by atoms with Crippen molar-refractivity contribution < 1.29 is 4.79 Å². The number of thiophene rings is 1. The smallest absolute Gasteiger partial charge is 0.261 e. The second-order valence-electron chi connectivity index (χ2n) is 5.97. The van der Waals surface area contributed by atoms with E-state index in [1.807, 2.05) is 54.0 Å². The number of nitrogens with one attached hydrogen (secondary N) is 2. The van der Waals surface area contributed by atoms with Gasteiger partial charge < -0.3 is 10.3 Å². The van der Waals surface area contributed by atoms with Crippen LogP contribution in [0.5, 0.6) is 0 Å². The molecule has 1 aromatic carbocycles. The van der Waals surface area contributed by atoms with Gasteiger partial charge in [-0.25, -0.2) is 4.98 Å². The van der Waals surface area contributed by atoms with Crippen molar-refractivity contribution in [3.8, 4) is 0 Å². The molecule has 4 nitrogen and oxygen atoms in total. The van der Waals surface area contributed by atoms with Gasteiger partial charge in [0.2, 0.25) is 0 Å². The predicted octanol–water partition coefficient (Wildman–Crippen LogP) is 4.80. The molecular weight excluding hydrogens is 366 g/mol. The SMILES string of the molecule is O=C(NCc1cccc(Cl)c1)c1sccc1Cc1ccnc2[nH]ccc12. The van der Waals surface area contributed by atoms with E-state index in [-0.39, 0.29) is 5.91 Å². The summed E-state index contributed by atoms with van der Waals surface area (Å²) in [4.78, 5) is 20.8. The van der Waals surface area contributed by atoms with Crippen LogP contribution in [0.25, 0.3) is 11.0 Å². The molecule has 130 valence electrons. The van der Waals surface area contributed by atoms with Gasteiger partial charge in [0.15, 0.2) is 0 Å². The standard InChI is InChI=1S/C20H16ClN3OS/c21-16-3-1-2-13(10-16)12-24-20(25)18-15(6-9-26-18)11-14-4-7-22-19-17(14)5-8-23-19/h1-10H,11-12H2,(H,22,23)(H,24,25). The molecule has 0 atom stereocenters. The Morgan fingerprint density at radius 2 is 2.12 bits per heavy atom. The molecule has 0 fully saturated rings. The number of halogens is 1. The highest BCUT2D eigenvalue weighted by atomic mass is 35.5. The van der Waals surface area contributed by atoms with Crippen LogP contribution in [-0.4, -0.2) is 15.9 Å². The average Bonchev–Trinajstić information content (AvgIpc) is 3.29. The van der Waals surface area contributed by atoms with Gasteiger partial charge in [0.25, 0.3) is 5.91 Å². The van der Waals surface area contributed by atoms with Gasteiger partial charge >= 0.3 is 0 Å². The Hall–Kier alpha value is -2.63. The average molecular weight is 382 g/mol. The summed E-state index contributed by atoms with van der Waals surface area (Å²) in [7, 11) is 0. The highest BCUT2D eigenvalue weighted by molar-refractivity contribution is 7.12. The Labute approximate surface area is 159 Å². The topological polar surface area (TPSA) is 57.8 Å². The first-order chi connectivity index (χ1) is 12.7. The number of hydrogen-bond acceptors (Lipinski definition) is 3. The van der Waals surface area contributed by atoms with E-state index in [0.717, 1.165) is 32.6 Å². The molecule has 0 unspecified atom stereocenters. The third-order valence-electron chi connectivity index (χ3n) is 4.23. The summed E-state index contributed by atoms with van der Waals surface area (Å²) in [6, 6.07) is 13.5. The summed E-state index contributed by atoms with van der Waals surface area (Å²) in [5.74, 6) is -0.0608. The van der Waals surface area contributed by atoms with Crippen molar-refractivity contribution >= 4 is 39.9 Å². The number of nitrogens with zero attached hydrogens (tertiary/aromatic N) is 1. The molecule has 2 N–H and O–H groups in total. The molecule has 0 radical (unpaired) electrons. The van der Waals surface area contributed by atoms with Gasteiger partial charge in [-0.2, -0.15) is 0 Å². The maximum absolute atomic E-state index is 12.6. The summed E-state index contributed by atoms with van der Waals surface area (Å²) < 4.78 is 0. The van der Waals surface area contributed by atoms with Crippen molar-refractivity contribution in [1.82, 2.24) is 15.3 Å². The normalized spacial score (nSPS) is 11.0. The Morgan fingerprint density at radius 1 is 1.19 bits per heavy atom. The molecule has 26 heavy (non-hydrogen) atoms. The fourth-order valence-electron chi connectivity index (χ4n) is 2.96. The van der Waals surface area contributed by atoms with E-state index >= 15 is 0 Å². The van der Waals surface area contributed by atoms with Crippen LogP contribution >= 0.6 is 22.9 Å². The highest BCUT2D eigenvalue weighted by Gasteiger charge is 2.14. The summed E-state index contributed by atoms with van der Waals surface area (Å²) in [5.41, 5.74) is 4.02. The number of amides is 1. The number of H-pyrrole nitrogens is 1. The zero-order valence-corrected chi connectivity index (χ0v) is 15.4. The fraction of sp³-hybridized carbons (Fsp3) is 0.100. The molecule has 0 aliphatic rings. The molecule has 0 aliphatic carbocycles. The second-order valence-corrected chi connectivity index (χ2v) is 7.33. The largest absolute Gasteiger partial charge is 0.347 e. The summed E-state index contributed by atoms with van der Waals surface area (Å²) in [6.45, 7) is 0.452. The first kappa shape index (κ1) is 16.8. The fourth-order valence-corrected chi connectivity index (χ4v) is 4.01. The molecule has 4 rings (SSSR count). The van der Waals surface area contributed by atoms with E-state index in [2.05, 4.69) is 15.3 Å². The Kier molecular flexibility index (Phi) is 4.73. The summed E-state index contributed by atoms with van der Waals surface area (Å²) >= 11 is 7.46. The summed E-state index contributed by atoms with van der Waals surface area (Å²) in [5, 5.41) is 6.69. The Morgan fingerprint density at radius 3 is 3.00 bits per heavy atom. The third-order valence-corrected chi connectivity index (χ3v) is 5.42. The maximum atomic E-state index is 12.6. The molecule has 0 bridgehead atoms. The van der Waals surface area contributed by atoms with Crippen molar-refractivity contribution in [3.63, 3.8) is 0 Å². The lowest BCUT2D eigenvalue weighted by Gasteiger charge is -2.07. The zero-order valence-electron chi connectivity index (χ0n) is 13.8. The molecule has 0 aliphatic heterocycles. The molecule has 3 heterocycles. The van der Waals surface area contributed by atoms with Crippen molar-refractivity contribution in [1.29, 1.82) is 0 Å². The summed E-state index contributed by atoms with van der Waals surface area (Å²) in [6.07, 6.45) is 4.37. The van der Waals surface area contributed by atoms with Gasteiger partial charge in [-0.3, -0.25) is 4.79 Å². The van der Waals surface area contributed by atoms with Crippen molar-refractivity contribution in [2.24, 2.45) is 0 Å². The number of fused-ring (bicyclic) bond motifs is 1. The van der Waals surface area contributed by atoms with Crippen LogP contribution in [0.4, 0.5) is 0 Å². The predicted molar refractivity (Wildman–Crippen MR) is 106 cm³/mol. The highest BCUT2D eigenvalue weighted by Crippen LogP contribution is 2.24. The quantitative estimate of drug-likeness (QED) is 0.521. The number of hydrogen-bond donors (Lipinski definition) is 2. The minimum atomic E-state index is -0.0608. The first-order valence-electron chi connectivity index (χ1n) is 8.21. The Balaban J connectivity index is 1.51. The molecule has 0 spiro atoms. The molecule has 3 aromatic heterocycles. The van der Waals surface area contributed by atoms with Crippen LogP contribution in [-0.2, 0) is 13.0 Å². The van der Waals surface area contributed by atoms with E-state index in [1.165, 1.54) is 11.3 Å². The van der Waals surface area contributed by atoms with Gasteiger partial charge in [0.1, 0.15) is 5.65 Å². The number of carbonyl (C=O) groups excluding carboxylic acids is 1. The third kappa shape index (κ3) is 3.49. The number of benzene rings is 1. The van der Waals surface area contributed by atoms with Gasteiger partial charge in [-0.15, -0.1) is 11.3 Å². The minimum Gasteiger partial charge on any atom is -0.347 e. The van der Waals surface area contributed by atoms with Crippen LogP contribution in [0.15, 0.2) is 60.2 Å². The van der Waals surface area contributed by atoms with E-state index in [9.17, 15) is 4.79 Å². The molecule has 6 heteroatoms. The molecule has 4 aromatic rings. The van der Waals surface area contributed by atoms with Gasteiger partial charge in [0, 0.05) is 29.3 Å². The van der Waals surface area contributed by atoms with Gasteiger partial charge in [-0.1, -0.05) is 23.7 Å². The van der Waals surface area contributed by atoms with Crippen molar-refractivity contribution in [2.75, 3.05) is 0 Å². The van der Waals surface area contributed by atoms with Gasteiger partial charge in [-0.05, 0) is 58.8 Å². The zero-order chi connectivity index (χ0) is 17.9. The molecule has 1 amide bonds. The first-order valence-corrected chi connectivity index (χ1v) is 9.46. The van der Waals surface area contributed by atoms with Crippen LogP contribution in [0.3, 0.4) is 0 Å². The van der Waals surface area contributed by atoms with E-state index in [4.69, 9.17) is 11.6 Å². The van der Waals surface area contributed by atoms with Crippen LogP contribution in [0, 0.1) is 0 Å². The van der Waals surface area contributed by atoms with Crippen LogP contribution in [0.1, 0.15) is 26.4 Å². The van der Waals surface area contributed by atoms with Gasteiger partial charge in [0.05, 0.1) is 4.88 Å². The van der Waals surface area contributed by atoms with Crippen LogP contribution in [0.2, 0.25) is 5.02 Å². The Bertz CT molecular complexity index is 1070. The number of aromatic nitrogens is 2.